The van der Waals surface area contributed by atoms with Gasteiger partial charge < -0.3 is 64.9 Å². The molecule has 0 spiro atoms. The maximum Gasteiger partial charge on any atom is 0.407 e. The SMILES string of the molecule is CC(C)(C)OC(=O)NCCOCCOCCNC(=O)CN(CCOCCOCCN)CC(=O)NCCOCCOCCNC(=O)OC(C)(C)C. The summed E-state index contributed by atoms with van der Waals surface area (Å²) in [6.45, 7) is 16.7. The van der Waals surface area contributed by atoms with Crippen LogP contribution >= 0.6 is 0 Å². The van der Waals surface area contributed by atoms with E-state index >= 15 is 0 Å². The van der Waals surface area contributed by atoms with Crippen LogP contribution in [-0.4, -0.2) is 172 Å². The predicted molar refractivity (Wildman–Crippen MR) is 185 cm³/mol. The molecule has 0 saturated carbocycles. The fourth-order valence-electron chi connectivity index (χ4n) is 3.58. The Bertz CT molecular complexity index is 840. The highest BCUT2D eigenvalue weighted by Gasteiger charge is 2.17. The summed E-state index contributed by atoms with van der Waals surface area (Å²) in [6, 6.07) is 0. The van der Waals surface area contributed by atoms with Crippen LogP contribution in [0.4, 0.5) is 9.59 Å². The van der Waals surface area contributed by atoms with E-state index in [1.54, 1.807) is 46.4 Å². The minimum atomic E-state index is -0.559. The third kappa shape index (κ3) is 35.0. The second kappa shape index (κ2) is 29.8. The maximum atomic E-state index is 12.6. The topological polar surface area (TPSA) is 219 Å². The minimum Gasteiger partial charge on any atom is -0.444 e. The van der Waals surface area contributed by atoms with Crippen molar-refractivity contribution in [3.8, 4) is 0 Å². The fourth-order valence-corrected chi connectivity index (χ4v) is 3.58. The average Bonchev–Trinajstić information content (AvgIpc) is 3.00. The molecule has 0 atom stereocenters. The number of carbonyl (C=O) groups is 4. The van der Waals surface area contributed by atoms with Gasteiger partial charge in [-0.05, 0) is 41.5 Å². The first-order valence-corrected chi connectivity index (χ1v) is 17.1. The standard InChI is InChI=1S/C32H64N6O12/c1-31(2,3)49-29(41)36-10-16-46-22-20-44-14-8-34-27(39)25-38(12-18-48-24-19-43-13-7-33)26-28(40)35-9-15-45-21-23-47-17-11-37-30(42)50-32(4,5)6/h7-26,33H2,1-6H3,(H,34,39)(H,35,40)(H,36,41)(H,37,42). The predicted octanol–water partition coefficient (Wildman–Crippen LogP) is -0.371. The summed E-state index contributed by atoms with van der Waals surface area (Å²) in [5.41, 5.74) is 4.29. The molecule has 0 rings (SSSR count). The Hall–Kier alpha value is -2.84. The van der Waals surface area contributed by atoms with Gasteiger partial charge in [0.15, 0.2) is 0 Å². The lowest BCUT2D eigenvalue weighted by molar-refractivity contribution is -0.125. The number of nitrogens with one attached hydrogen (secondary N) is 4. The van der Waals surface area contributed by atoms with Crippen molar-refractivity contribution < 1.29 is 57.1 Å². The zero-order valence-corrected chi connectivity index (χ0v) is 31.1. The number of alkyl carbamates (subject to hydrolysis) is 2. The van der Waals surface area contributed by atoms with Crippen molar-refractivity contribution in [2.24, 2.45) is 5.73 Å². The zero-order chi connectivity index (χ0) is 37.5. The van der Waals surface area contributed by atoms with Crippen LogP contribution in [0.3, 0.4) is 0 Å². The number of hydrogen-bond acceptors (Lipinski definition) is 14. The quantitative estimate of drug-likeness (QED) is 0.0597. The summed E-state index contributed by atoms with van der Waals surface area (Å²) >= 11 is 0. The number of hydrogen-bond donors (Lipinski definition) is 5. The fraction of sp³-hybridized carbons (Fsp3) is 0.875. The Morgan fingerprint density at radius 2 is 0.800 bits per heavy atom. The first-order chi connectivity index (χ1) is 23.7. The Balaban J connectivity index is 4.19. The van der Waals surface area contributed by atoms with Gasteiger partial charge in [0.05, 0.1) is 92.4 Å². The van der Waals surface area contributed by atoms with Gasteiger partial charge in [0.25, 0.3) is 0 Å². The van der Waals surface area contributed by atoms with Crippen molar-refractivity contribution in [2.75, 3.05) is 132 Å². The summed E-state index contributed by atoms with van der Waals surface area (Å²) in [4.78, 5) is 50.0. The molecule has 0 unspecified atom stereocenters. The van der Waals surface area contributed by atoms with Crippen molar-refractivity contribution in [3.63, 3.8) is 0 Å². The second-order valence-electron chi connectivity index (χ2n) is 12.7. The number of amides is 4. The van der Waals surface area contributed by atoms with E-state index in [0.717, 1.165) is 0 Å². The molecule has 0 bridgehead atoms. The van der Waals surface area contributed by atoms with Crippen LogP contribution < -0.4 is 27.0 Å². The smallest absolute Gasteiger partial charge is 0.407 e. The van der Waals surface area contributed by atoms with Gasteiger partial charge in [0.1, 0.15) is 11.2 Å². The molecular formula is C32H64N6O12. The van der Waals surface area contributed by atoms with Crippen LogP contribution in [0.2, 0.25) is 0 Å². The summed E-state index contributed by atoms with van der Waals surface area (Å²) in [5, 5.41) is 10.8. The van der Waals surface area contributed by atoms with Crippen molar-refractivity contribution in [1.29, 1.82) is 0 Å². The first kappa shape index (κ1) is 47.2. The van der Waals surface area contributed by atoms with Gasteiger partial charge in [-0.1, -0.05) is 0 Å². The molecule has 0 aromatic carbocycles. The largest absolute Gasteiger partial charge is 0.444 e. The van der Waals surface area contributed by atoms with Crippen LogP contribution in [0.1, 0.15) is 41.5 Å². The number of nitrogens with two attached hydrogens (primary N) is 1. The highest BCUT2D eigenvalue weighted by molar-refractivity contribution is 5.81. The van der Waals surface area contributed by atoms with Crippen molar-refractivity contribution in [3.05, 3.63) is 0 Å². The van der Waals surface area contributed by atoms with Crippen LogP contribution in [0.25, 0.3) is 0 Å². The molecule has 0 aromatic heterocycles. The Morgan fingerprint density at radius 3 is 1.14 bits per heavy atom. The highest BCUT2D eigenvalue weighted by Crippen LogP contribution is 2.06. The lowest BCUT2D eigenvalue weighted by Crippen LogP contribution is -2.45. The van der Waals surface area contributed by atoms with Gasteiger partial charge in [0, 0.05) is 39.3 Å². The van der Waals surface area contributed by atoms with E-state index in [2.05, 4.69) is 21.3 Å². The van der Waals surface area contributed by atoms with Crippen LogP contribution in [-0.2, 0) is 47.5 Å². The molecule has 0 saturated heterocycles. The molecule has 0 aliphatic rings. The van der Waals surface area contributed by atoms with Crippen LogP contribution in [0.5, 0.6) is 0 Å². The summed E-state index contributed by atoms with van der Waals surface area (Å²) in [5.74, 6) is -0.524. The molecule has 50 heavy (non-hydrogen) atoms. The third-order valence-corrected chi connectivity index (χ3v) is 5.63. The Morgan fingerprint density at radius 1 is 0.480 bits per heavy atom. The van der Waals surface area contributed by atoms with Gasteiger partial charge in [0.2, 0.25) is 11.8 Å². The molecule has 18 nitrogen and oxygen atoms in total. The average molecular weight is 725 g/mol. The van der Waals surface area contributed by atoms with Crippen molar-refractivity contribution in [2.45, 2.75) is 52.7 Å². The van der Waals surface area contributed by atoms with E-state index in [-0.39, 0.29) is 51.2 Å². The molecule has 6 N–H and O–H groups in total. The van der Waals surface area contributed by atoms with E-state index < -0.39 is 23.4 Å². The van der Waals surface area contributed by atoms with Crippen LogP contribution in [0.15, 0.2) is 0 Å². The Kier molecular flexibility index (Phi) is 28.2. The number of carbonyl (C=O) groups excluding carboxylic acids is 4. The van der Waals surface area contributed by atoms with Gasteiger partial charge in [-0.3, -0.25) is 14.5 Å². The van der Waals surface area contributed by atoms with E-state index in [9.17, 15) is 19.2 Å². The van der Waals surface area contributed by atoms with Gasteiger partial charge in [-0.2, -0.15) is 0 Å². The lowest BCUT2D eigenvalue weighted by atomic mass is 10.2. The maximum absolute atomic E-state index is 12.6. The number of rotatable bonds is 30. The van der Waals surface area contributed by atoms with E-state index in [4.69, 9.17) is 43.6 Å². The molecule has 0 aliphatic carbocycles. The second-order valence-corrected chi connectivity index (χ2v) is 12.7. The van der Waals surface area contributed by atoms with Gasteiger partial charge in [-0.15, -0.1) is 0 Å². The van der Waals surface area contributed by atoms with Crippen molar-refractivity contribution in [1.82, 2.24) is 26.2 Å². The highest BCUT2D eigenvalue weighted by atomic mass is 16.6. The lowest BCUT2D eigenvalue weighted by Gasteiger charge is -2.21. The van der Waals surface area contributed by atoms with E-state index in [1.165, 1.54) is 0 Å². The molecule has 0 fully saturated rings. The molecule has 0 aromatic rings. The minimum absolute atomic E-state index is 0.00909. The number of ether oxygens (including phenoxy) is 8. The van der Waals surface area contributed by atoms with E-state index in [0.29, 0.717) is 92.2 Å². The normalized spacial score (nSPS) is 11.7. The molecule has 0 heterocycles. The van der Waals surface area contributed by atoms with Crippen molar-refractivity contribution >= 4 is 24.0 Å². The Labute approximate surface area is 297 Å². The summed E-state index contributed by atoms with van der Waals surface area (Å²) in [6.07, 6.45) is -0.999. The molecular weight excluding hydrogens is 660 g/mol. The third-order valence-electron chi connectivity index (χ3n) is 5.63. The molecule has 294 valence electrons. The van der Waals surface area contributed by atoms with Gasteiger partial charge in [-0.25, -0.2) is 9.59 Å². The molecule has 0 radical (unpaired) electrons. The van der Waals surface area contributed by atoms with E-state index in [1.807, 2.05) is 0 Å². The van der Waals surface area contributed by atoms with Gasteiger partial charge >= 0.3 is 12.2 Å². The summed E-state index contributed by atoms with van der Waals surface area (Å²) < 4.78 is 42.9. The first-order valence-electron chi connectivity index (χ1n) is 17.1. The zero-order valence-electron chi connectivity index (χ0n) is 31.1. The summed E-state index contributed by atoms with van der Waals surface area (Å²) in [7, 11) is 0. The molecule has 0 aliphatic heterocycles. The monoisotopic (exact) mass is 724 g/mol. The number of nitrogens with zero attached hydrogens (tertiary/aromatic N) is 1. The molecule has 18 heteroatoms. The van der Waals surface area contributed by atoms with Crippen LogP contribution in [0, 0.1) is 0 Å². The molecule has 4 amide bonds.